The van der Waals surface area contributed by atoms with Gasteiger partial charge in [0.2, 0.25) is 0 Å². The number of amides is 1. The van der Waals surface area contributed by atoms with Gasteiger partial charge in [-0.1, -0.05) is 6.92 Å². The van der Waals surface area contributed by atoms with Crippen molar-refractivity contribution in [3.8, 4) is 0 Å². The number of anilines is 1. The molecule has 0 saturated carbocycles. The molecule has 1 atom stereocenters. The van der Waals surface area contributed by atoms with E-state index in [1.807, 2.05) is 19.1 Å². The second kappa shape index (κ2) is 7.26. The van der Waals surface area contributed by atoms with Crippen molar-refractivity contribution in [2.24, 2.45) is 0 Å². The average molecular weight is 313 g/mol. The van der Waals surface area contributed by atoms with E-state index in [0.717, 1.165) is 25.2 Å². The molecule has 0 aromatic carbocycles. The Balaban J connectivity index is 1.63. The summed E-state index contributed by atoms with van der Waals surface area (Å²) in [5.74, 6) is 0.464. The van der Waals surface area contributed by atoms with E-state index in [-0.39, 0.29) is 12.0 Å². The number of hydrogen-bond donors (Lipinski definition) is 2. The fourth-order valence-corrected chi connectivity index (χ4v) is 2.28. The van der Waals surface area contributed by atoms with Crippen molar-refractivity contribution in [2.75, 3.05) is 25.0 Å². The second-order valence-electron chi connectivity index (χ2n) is 5.23. The highest BCUT2D eigenvalue weighted by Gasteiger charge is 2.17. The van der Waals surface area contributed by atoms with Crippen molar-refractivity contribution >= 4 is 11.6 Å². The molecule has 0 radical (unpaired) electrons. The zero-order chi connectivity index (χ0) is 16.1. The highest BCUT2D eigenvalue weighted by atomic mass is 16.5. The first-order chi connectivity index (χ1) is 11.3. The molecule has 1 unspecified atom stereocenters. The maximum atomic E-state index is 12.1. The van der Waals surface area contributed by atoms with Gasteiger partial charge in [-0.2, -0.15) is 0 Å². The molecule has 3 heterocycles. The first kappa shape index (κ1) is 15.5. The summed E-state index contributed by atoms with van der Waals surface area (Å²) in [7, 11) is 0. The molecule has 2 N–H and O–H groups in total. The molecule has 3 rings (SSSR count). The van der Waals surface area contributed by atoms with Gasteiger partial charge in [0.15, 0.2) is 0 Å². The van der Waals surface area contributed by atoms with Crippen molar-refractivity contribution in [3.05, 3.63) is 47.8 Å². The smallest absolute Gasteiger partial charge is 0.258 e. The maximum Gasteiger partial charge on any atom is 0.258 e. The highest BCUT2D eigenvalue weighted by molar-refractivity contribution is 6.03. The largest absolute Gasteiger partial charge is 0.369 e. The quantitative estimate of drug-likeness (QED) is 0.885. The molecule has 23 heavy (non-hydrogen) atoms. The Morgan fingerprint density at radius 1 is 1.30 bits per heavy atom. The summed E-state index contributed by atoms with van der Waals surface area (Å²) < 4.78 is 5.65. The van der Waals surface area contributed by atoms with Crippen LogP contribution in [0.1, 0.15) is 34.9 Å². The number of ether oxygens (including phenoxy) is 1. The van der Waals surface area contributed by atoms with Crippen LogP contribution in [0.4, 0.5) is 5.69 Å². The summed E-state index contributed by atoms with van der Waals surface area (Å²) in [6, 6.07) is 3.68. The van der Waals surface area contributed by atoms with Crippen molar-refractivity contribution in [1.82, 2.24) is 20.3 Å². The fraction of sp³-hybridized carbons (Fsp3) is 0.375. The summed E-state index contributed by atoms with van der Waals surface area (Å²) in [5, 5.41) is 6.05. The van der Waals surface area contributed by atoms with E-state index in [4.69, 9.17) is 4.74 Å². The number of rotatable bonds is 4. The lowest BCUT2D eigenvalue weighted by Crippen LogP contribution is -2.33. The average Bonchev–Trinajstić information content (AvgIpc) is 2.63. The van der Waals surface area contributed by atoms with Crippen molar-refractivity contribution in [3.63, 3.8) is 0 Å². The van der Waals surface area contributed by atoms with Gasteiger partial charge in [-0.15, -0.1) is 0 Å². The van der Waals surface area contributed by atoms with Crippen LogP contribution in [0.25, 0.3) is 0 Å². The van der Waals surface area contributed by atoms with Crippen LogP contribution in [-0.4, -0.2) is 40.6 Å². The number of nitrogens with one attached hydrogen (secondary N) is 2. The van der Waals surface area contributed by atoms with Gasteiger partial charge in [0.05, 0.1) is 29.7 Å². The third-order valence-electron chi connectivity index (χ3n) is 3.59. The minimum atomic E-state index is -0.252. The molecule has 0 spiro atoms. The molecule has 1 aliphatic heterocycles. The summed E-state index contributed by atoms with van der Waals surface area (Å²) in [6.07, 6.45) is 5.40. The molecule has 7 heteroatoms. The van der Waals surface area contributed by atoms with Crippen LogP contribution >= 0.6 is 0 Å². The van der Waals surface area contributed by atoms with E-state index < -0.39 is 0 Å². The van der Waals surface area contributed by atoms with Crippen molar-refractivity contribution < 1.29 is 9.53 Å². The number of carbonyl (C=O) groups is 1. The summed E-state index contributed by atoms with van der Waals surface area (Å²) >= 11 is 0. The standard InChI is InChI=1S/C16H19N5O2/c1-2-15-19-7-11(8-20-15)16(22)21-12-3-4-13(18-9-12)14-10-17-5-6-23-14/h3-4,7-9,14,17H,2,5-6,10H2,1H3,(H,21,22). The third kappa shape index (κ3) is 3.88. The second-order valence-corrected chi connectivity index (χ2v) is 5.23. The number of hydrogen-bond acceptors (Lipinski definition) is 6. The number of carbonyl (C=O) groups excluding carboxylic acids is 1. The Morgan fingerprint density at radius 3 is 2.74 bits per heavy atom. The van der Waals surface area contributed by atoms with Gasteiger partial charge in [-0.25, -0.2) is 9.97 Å². The molecule has 1 aliphatic rings. The Kier molecular flexibility index (Phi) is 4.89. The van der Waals surface area contributed by atoms with Crippen molar-refractivity contribution in [2.45, 2.75) is 19.4 Å². The zero-order valence-corrected chi connectivity index (χ0v) is 13.0. The normalized spacial score (nSPS) is 17.7. The monoisotopic (exact) mass is 313 g/mol. The predicted octanol–water partition coefficient (Wildman–Crippen LogP) is 1.35. The Bertz CT molecular complexity index is 651. The first-order valence-electron chi connectivity index (χ1n) is 7.67. The summed E-state index contributed by atoms with van der Waals surface area (Å²) in [4.78, 5) is 24.8. The molecule has 0 bridgehead atoms. The van der Waals surface area contributed by atoms with E-state index in [9.17, 15) is 4.79 Å². The molecule has 1 saturated heterocycles. The minimum absolute atomic E-state index is 0.0384. The van der Waals surface area contributed by atoms with E-state index >= 15 is 0 Å². The SMILES string of the molecule is CCc1ncc(C(=O)Nc2ccc(C3CNCCO3)nc2)cn1. The van der Waals surface area contributed by atoms with Crippen LogP contribution in [0, 0.1) is 0 Å². The van der Waals surface area contributed by atoms with Crippen LogP contribution in [0.15, 0.2) is 30.7 Å². The Hall–Kier alpha value is -2.38. The molecule has 7 nitrogen and oxygen atoms in total. The number of aryl methyl sites for hydroxylation is 1. The topological polar surface area (TPSA) is 89.0 Å². The van der Waals surface area contributed by atoms with Gasteiger partial charge in [-0.3, -0.25) is 9.78 Å². The van der Waals surface area contributed by atoms with Gasteiger partial charge in [0, 0.05) is 31.9 Å². The molecular weight excluding hydrogens is 294 g/mol. The number of aromatic nitrogens is 3. The number of pyridine rings is 1. The van der Waals surface area contributed by atoms with E-state index in [0.29, 0.717) is 23.7 Å². The predicted molar refractivity (Wildman–Crippen MR) is 85.2 cm³/mol. The molecule has 1 fully saturated rings. The van der Waals surface area contributed by atoms with Crippen LogP contribution in [0.2, 0.25) is 0 Å². The molecule has 2 aromatic rings. The summed E-state index contributed by atoms with van der Waals surface area (Å²) in [6.45, 7) is 4.26. The lowest BCUT2D eigenvalue weighted by atomic mass is 10.2. The van der Waals surface area contributed by atoms with Gasteiger partial charge in [0.1, 0.15) is 11.9 Å². The van der Waals surface area contributed by atoms with Gasteiger partial charge in [-0.05, 0) is 12.1 Å². The maximum absolute atomic E-state index is 12.1. The Labute approximate surface area is 134 Å². The lowest BCUT2D eigenvalue weighted by molar-refractivity contribution is 0.0250. The van der Waals surface area contributed by atoms with Crippen LogP contribution in [0.3, 0.4) is 0 Å². The van der Waals surface area contributed by atoms with Crippen LogP contribution < -0.4 is 10.6 Å². The minimum Gasteiger partial charge on any atom is -0.369 e. The fourth-order valence-electron chi connectivity index (χ4n) is 2.28. The Morgan fingerprint density at radius 2 is 2.13 bits per heavy atom. The first-order valence-corrected chi connectivity index (χ1v) is 7.67. The van der Waals surface area contributed by atoms with E-state index in [1.54, 1.807) is 6.20 Å². The molecule has 1 amide bonds. The molecular formula is C16H19N5O2. The van der Waals surface area contributed by atoms with Crippen LogP contribution in [0.5, 0.6) is 0 Å². The highest BCUT2D eigenvalue weighted by Crippen LogP contribution is 2.18. The summed E-state index contributed by atoms with van der Waals surface area (Å²) in [5.41, 5.74) is 1.90. The van der Waals surface area contributed by atoms with E-state index in [2.05, 4.69) is 25.6 Å². The van der Waals surface area contributed by atoms with Crippen LogP contribution in [-0.2, 0) is 11.2 Å². The van der Waals surface area contributed by atoms with E-state index in [1.165, 1.54) is 12.4 Å². The lowest BCUT2D eigenvalue weighted by Gasteiger charge is -2.23. The molecule has 120 valence electrons. The van der Waals surface area contributed by atoms with Gasteiger partial charge >= 0.3 is 0 Å². The van der Waals surface area contributed by atoms with Gasteiger partial charge in [0.25, 0.3) is 5.91 Å². The molecule has 0 aliphatic carbocycles. The third-order valence-corrected chi connectivity index (χ3v) is 3.59. The number of morpholine rings is 1. The van der Waals surface area contributed by atoms with Crippen molar-refractivity contribution in [1.29, 1.82) is 0 Å². The van der Waals surface area contributed by atoms with Gasteiger partial charge < -0.3 is 15.4 Å². The zero-order valence-electron chi connectivity index (χ0n) is 13.0. The number of nitrogens with zero attached hydrogens (tertiary/aromatic N) is 3. The molecule has 2 aromatic heterocycles.